The molecule has 1 nitrogen and oxygen atoms in total. The fourth-order valence-corrected chi connectivity index (χ4v) is 1.89. The van der Waals surface area contributed by atoms with Crippen molar-refractivity contribution in [2.75, 3.05) is 11.0 Å². The highest BCUT2D eigenvalue weighted by molar-refractivity contribution is 14.1. The standard InChI is InChI=1S/C9H10Cl2IN/c10-8-2-1-3-9(11)7(8)6-13-5-4-12/h1-3,13H,4-6H2. The summed E-state index contributed by atoms with van der Waals surface area (Å²) in [5.74, 6) is 0. The van der Waals surface area contributed by atoms with Crippen LogP contribution in [0.25, 0.3) is 0 Å². The molecule has 0 aliphatic heterocycles. The predicted molar refractivity (Wildman–Crippen MR) is 67.1 cm³/mol. The Balaban J connectivity index is 2.64. The van der Waals surface area contributed by atoms with Crippen LogP contribution in [0.4, 0.5) is 0 Å². The van der Waals surface area contributed by atoms with Gasteiger partial charge >= 0.3 is 0 Å². The minimum atomic E-state index is 0.730. The van der Waals surface area contributed by atoms with Crippen molar-refractivity contribution in [3.8, 4) is 0 Å². The molecule has 0 saturated heterocycles. The van der Waals surface area contributed by atoms with Crippen LogP contribution in [-0.2, 0) is 6.54 Å². The van der Waals surface area contributed by atoms with Crippen LogP contribution in [0.1, 0.15) is 5.56 Å². The van der Waals surface area contributed by atoms with Crippen molar-refractivity contribution < 1.29 is 0 Å². The zero-order chi connectivity index (χ0) is 9.68. The van der Waals surface area contributed by atoms with E-state index in [9.17, 15) is 0 Å². The van der Waals surface area contributed by atoms with Gasteiger partial charge in [-0.2, -0.15) is 0 Å². The second-order valence-corrected chi connectivity index (χ2v) is 4.46. The van der Waals surface area contributed by atoms with E-state index in [-0.39, 0.29) is 0 Å². The van der Waals surface area contributed by atoms with Gasteiger partial charge in [0, 0.05) is 33.1 Å². The van der Waals surface area contributed by atoms with Crippen LogP contribution in [-0.4, -0.2) is 11.0 Å². The summed E-state index contributed by atoms with van der Waals surface area (Å²) in [5.41, 5.74) is 0.982. The molecular formula is C9H10Cl2IN. The summed E-state index contributed by atoms with van der Waals surface area (Å²) in [7, 11) is 0. The van der Waals surface area contributed by atoms with Gasteiger partial charge in [-0.3, -0.25) is 0 Å². The maximum Gasteiger partial charge on any atom is 0.0465 e. The fraction of sp³-hybridized carbons (Fsp3) is 0.333. The molecule has 0 spiro atoms. The Morgan fingerprint density at radius 1 is 1.23 bits per heavy atom. The number of alkyl halides is 1. The molecule has 0 unspecified atom stereocenters. The van der Waals surface area contributed by atoms with E-state index in [1.807, 2.05) is 18.2 Å². The lowest BCUT2D eigenvalue weighted by atomic mass is 10.2. The number of rotatable bonds is 4. The number of hydrogen-bond donors (Lipinski definition) is 1. The van der Waals surface area contributed by atoms with E-state index >= 15 is 0 Å². The molecule has 1 aromatic carbocycles. The van der Waals surface area contributed by atoms with Gasteiger partial charge < -0.3 is 5.32 Å². The van der Waals surface area contributed by atoms with E-state index in [1.54, 1.807) is 0 Å². The SMILES string of the molecule is Clc1cccc(Cl)c1CNCCI. The van der Waals surface area contributed by atoms with Crippen LogP contribution in [0.2, 0.25) is 10.0 Å². The molecule has 1 rings (SSSR count). The fourth-order valence-electron chi connectivity index (χ4n) is 0.981. The van der Waals surface area contributed by atoms with E-state index in [1.165, 1.54) is 0 Å². The first-order valence-corrected chi connectivity index (χ1v) is 6.23. The third kappa shape index (κ3) is 3.62. The van der Waals surface area contributed by atoms with Gasteiger partial charge in [0.15, 0.2) is 0 Å². The van der Waals surface area contributed by atoms with Crippen molar-refractivity contribution >= 4 is 45.8 Å². The second kappa shape index (κ2) is 6.06. The predicted octanol–water partition coefficient (Wildman–Crippen LogP) is 3.52. The Hall–Kier alpha value is 0.490. The van der Waals surface area contributed by atoms with Crippen LogP contribution in [0, 0.1) is 0 Å². The molecular weight excluding hydrogens is 320 g/mol. The average Bonchev–Trinajstić information content (AvgIpc) is 2.10. The lowest BCUT2D eigenvalue weighted by molar-refractivity contribution is 0.737. The summed E-state index contributed by atoms with van der Waals surface area (Å²) < 4.78 is 1.08. The van der Waals surface area contributed by atoms with Crippen molar-refractivity contribution in [2.45, 2.75) is 6.54 Å². The quantitative estimate of drug-likeness (QED) is 0.506. The number of halogens is 3. The Kier molecular flexibility index (Phi) is 5.39. The molecule has 0 amide bonds. The van der Waals surface area contributed by atoms with Crippen LogP contribution < -0.4 is 5.32 Å². The van der Waals surface area contributed by atoms with Gasteiger partial charge in [0.1, 0.15) is 0 Å². The summed E-state index contributed by atoms with van der Waals surface area (Å²) in [4.78, 5) is 0. The maximum absolute atomic E-state index is 5.98. The molecule has 72 valence electrons. The van der Waals surface area contributed by atoms with Crippen molar-refractivity contribution in [1.82, 2.24) is 5.32 Å². The van der Waals surface area contributed by atoms with Crippen LogP contribution >= 0.6 is 45.8 Å². The highest BCUT2D eigenvalue weighted by Crippen LogP contribution is 2.23. The number of benzene rings is 1. The summed E-state index contributed by atoms with van der Waals surface area (Å²) >= 11 is 14.3. The van der Waals surface area contributed by atoms with Gasteiger partial charge in [-0.25, -0.2) is 0 Å². The highest BCUT2D eigenvalue weighted by Gasteiger charge is 2.03. The van der Waals surface area contributed by atoms with Crippen molar-refractivity contribution in [3.63, 3.8) is 0 Å². The third-order valence-electron chi connectivity index (χ3n) is 1.63. The van der Waals surface area contributed by atoms with Crippen molar-refractivity contribution in [3.05, 3.63) is 33.8 Å². The molecule has 0 aliphatic carbocycles. The smallest absolute Gasteiger partial charge is 0.0465 e. The second-order valence-electron chi connectivity index (χ2n) is 2.57. The van der Waals surface area contributed by atoms with Gasteiger partial charge in [-0.15, -0.1) is 0 Å². The largest absolute Gasteiger partial charge is 0.312 e. The van der Waals surface area contributed by atoms with E-state index in [0.29, 0.717) is 0 Å². The molecule has 0 bridgehead atoms. The highest BCUT2D eigenvalue weighted by atomic mass is 127. The van der Waals surface area contributed by atoms with Crippen molar-refractivity contribution in [1.29, 1.82) is 0 Å². The zero-order valence-corrected chi connectivity index (χ0v) is 10.7. The van der Waals surface area contributed by atoms with Gasteiger partial charge in [0.25, 0.3) is 0 Å². The lowest BCUT2D eigenvalue weighted by Crippen LogP contribution is -2.15. The van der Waals surface area contributed by atoms with E-state index < -0.39 is 0 Å². The Labute approximate surface area is 102 Å². The Morgan fingerprint density at radius 2 is 1.85 bits per heavy atom. The van der Waals surface area contributed by atoms with E-state index in [0.717, 1.165) is 33.1 Å². The number of nitrogens with one attached hydrogen (secondary N) is 1. The molecule has 0 radical (unpaired) electrons. The van der Waals surface area contributed by atoms with Crippen molar-refractivity contribution in [2.24, 2.45) is 0 Å². The molecule has 13 heavy (non-hydrogen) atoms. The normalized spacial score (nSPS) is 10.4. The molecule has 0 saturated carbocycles. The molecule has 0 heterocycles. The van der Waals surface area contributed by atoms with Crippen LogP contribution in [0.15, 0.2) is 18.2 Å². The Bertz CT molecular complexity index is 258. The van der Waals surface area contributed by atoms with Crippen LogP contribution in [0.5, 0.6) is 0 Å². The van der Waals surface area contributed by atoms with Gasteiger partial charge in [-0.1, -0.05) is 51.9 Å². The molecule has 0 atom stereocenters. The molecule has 4 heteroatoms. The van der Waals surface area contributed by atoms with E-state index in [2.05, 4.69) is 27.9 Å². The molecule has 0 aliphatic rings. The number of hydrogen-bond acceptors (Lipinski definition) is 1. The Morgan fingerprint density at radius 3 is 2.38 bits per heavy atom. The first-order chi connectivity index (χ1) is 6.25. The maximum atomic E-state index is 5.98. The summed E-state index contributed by atoms with van der Waals surface area (Å²) in [6.45, 7) is 1.71. The first kappa shape index (κ1) is 11.6. The lowest BCUT2D eigenvalue weighted by Gasteiger charge is -2.06. The summed E-state index contributed by atoms with van der Waals surface area (Å²) in [6, 6.07) is 5.56. The monoisotopic (exact) mass is 329 g/mol. The third-order valence-corrected chi connectivity index (χ3v) is 2.88. The zero-order valence-electron chi connectivity index (χ0n) is 6.99. The topological polar surface area (TPSA) is 12.0 Å². The van der Waals surface area contributed by atoms with Gasteiger partial charge in [-0.05, 0) is 12.1 Å². The summed E-state index contributed by atoms with van der Waals surface area (Å²) in [6.07, 6.45) is 0. The van der Waals surface area contributed by atoms with Crippen LogP contribution in [0.3, 0.4) is 0 Å². The molecule has 1 N–H and O–H groups in total. The average molecular weight is 330 g/mol. The molecule has 0 aromatic heterocycles. The summed E-state index contributed by atoms with van der Waals surface area (Å²) in [5, 5.41) is 4.72. The minimum Gasteiger partial charge on any atom is -0.312 e. The first-order valence-electron chi connectivity index (χ1n) is 3.95. The van der Waals surface area contributed by atoms with Gasteiger partial charge in [0.2, 0.25) is 0 Å². The van der Waals surface area contributed by atoms with E-state index in [4.69, 9.17) is 23.2 Å². The molecule has 0 fully saturated rings. The van der Waals surface area contributed by atoms with Gasteiger partial charge in [0.05, 0.1) is 0 Å². The minimum absolute atomic E-state index is 0.730. The molecule has 1 aromatic rings.